The zero-order valence-corrected chi connectivity index (χ0v) is 10.7. The molecule has 1 amide bonds. The van der Waals surface area contributed by atoms with E-state index in [-0.39, 0.29) is 22.4 Å². The van der Waals surface area contributed by atoms with Crippen molar-refractivity contribution in [3.05, 3.63) is 41.3 Å². The number of phenols is 1. The summed E-state index contributed by atoms with van der Waals surface area (Å²) in [5, 5.41) is 12.2. The Kier molecular flexibility index (Phi) is 3.82. The molecule has 0 aliphatic carbocycles. The van der Waals surface area contributed by atoms with Crippen LogP contribution in [-0.2, 0) is 0 Å². The molecule has 0 aliphatic rings. The number of amides is 1. The SMILES string of the molecule is COc1ccc(C(=O)Nc2ccnc(Cl)n2)cc1O. The van der Waals surface area contributed by atoms with Gasteiger partial charge in [0.25, 0.3) is 5.91 Å². The Morgan fingerprint density at radius 3 is 2.84 bits per heavy atom. The van der Waals surface area contributed by atoms with E-state index in [1.165, 1.54) is 37.6 Å². The third-order valence-electron chi connectivity index (χ3n) is 2.31. The highest BCUT2D eigenvalue weighted by Crippen LogP contribution is 2.26. The van der Waals surface area contributed by atoms with Crippen LogP contribution < -0.4 is 10.1 Å². The summed E-state index contributed by atoms with van der Waals surface area (Å²) in [6.45, 7) is 0. The Balaban J connectivity index is 2.18. The van der Waals surface area contributed by atoms with E-state index >= 15 is 0 Å². The molecule has 19 heavy (non-hydrogen) atoms. The first-order valence-corrected chi connectivity index (χ1v) is 5.65. The predicted molar refractivity (Wildman–Crippen MR) is 69.7 cm³/mol. The predicted octanol–water partition coefficient (Wildman–Crippen LogP) is 2.10. The summed E-state index contributed by atoms with van der Waals surface area (Å²) in [5.41, 5.74) is 0.271. The number of anilines is 1. The Morgan fingerprint density at radius 2 is 2.21 bits per heavy atom. The van der Waals surface area contributed by atoms with Crippen molar-refractivity contribution >= 4 is 23.3 Å². The van der Waals surface area contributed by atoms with Gasteiger partial charge in [-0.3, -0.25) is 4.79 Å². The van der Waals surface area contributed by atoms with Gasteiger partial charge in [-0.2, -0.15) is 0 Å². The minimum atomic E-state index is -0.423. The van der Waals surface area contributed by atoms with Crippen LogP contribution in [-0.4, -0.2) is 28.1 Å². The van der Waals surface area contributed by atoms with Crippen LogP contribution in [0.3, 0.4) is 0 Å². The fourth-order valence-corrected chi connectivity index (χ4v) is 1.57. The van der Waals surface area contributed by atoms with Gasteiger partial charge in [-0.1, -0.05) is 0 Å². The first-order chi connectivity index (χ1) is 9.10. The molecule has 2 rings (SSSR count). The molecule has 0 fully saturated rings. The molecular formula is C12H10ClN3O3. The van der Waals surface area contributed by atoms with Gasteiger partial charge < -0.3 is 15.2 Å². The zero-order valence-electron chi connectivity index (χ0n) is 9.92. The first-order valence-electron chi connectivity index (χ1n) is 5.27. The fraction of sp³-hybridized carbons (Fsp3) is 0.0833. The van der Waals surface area contributed by atoms with Crippen LogP contribution in [0.5, 0.6) is 11.5 Å². The molecule has 1 aromatic carbocycles. The highest BCUT2D eigenvalue weighted by Gasteiger charge is 2.10. The van der Waals surface area contributed by atoms with E-state index in [2.05, 4.69) is 15.3 Å². The smallest absolute Gasteiger partial charge is 0.256 e. The third kappa shape index (κ3) is 3.11. The van der Waals surface area contributed by atoms with Crippen molar-refractivity contribution in [3.63, 3.8) is 0 Å². The molecule has 1 heterocycles. The van der Waals surface area contributed by atoms with Crippen molar-refractivity contribution in [3.8, 4) is 11.5 Å². The molecule has 0 spiro atoms. The molecule has 0 saturated carbocycles. The zero-order chi connectivity index (χ0) is 13.8. The summed E-state index contributed by atoms with van der Waals surface area (Å²) < 4.78 is 4.89. The van der Waals surface area contributed by atoms with Crippen molar-refractivity contribution in [1.29, 1.82) is 0 Å². The molecule has 6 nitrogen and oxygen atoms in total. The molecule has 0 radical (unpaired) electrons. The minimum absolute atomic E-state index is 0.0374. The van der Waals surface area contributed by atoms with E-state index in [1.54, 1.807) is 0 Å². The fourth-order valence-electron chi connectivity index (χ4n) is 1.42. The van der Waals surface area contributed by atoms with Crippen molar-refractivity contribution in [2.24, 2.45) is 0 Å². The van der Waals surface area contributed by atoms with Gasteiger partial charge in [-0.05, 0) is 35.9 Å². The lowest BCUT2D eigenvalue weighted by Gasteiger charge is -2.07. The highest BCUT2D eigenvalue weighted by atomic mass is 35.5. The third-order valence-corrected chi connectivity index (χ3v) is 2.49. The second-order valence-corrected chi connectivity index (χ2v) is 3.89. The van der Waals surface area contributed by atoms with Crippen LogP contribution in [0.15, 0.2) is 30.5 Å². The number of carbonyl (C=O) groups excluding carboxylic acids is 1. The van der Waals surface area contributed by atoms with Gasteiger partial charge >= 0.3 is 0 Å². The molecule has 0 aliphatic heterocycles. The molecule has 2 aromatic rings. The Hall–Kier alpha value is -2.34. The van der Waals surface area contributed by atoms with Gasteiger partial charge in [-0.25, -0.2) is 9.97 Å². The maximum atomic E-state index is 11.9. The molecule has 1 aromatic heterocycles. The van der Waals surface area contributed by atoms with Crippen LogP contribution in [0.4, 0.5) is 5.82 Å². The standard InChI is InChI=1S/C12H10ClN3O3/c1-19-9-3-2-7(6-8(9)17)11(18)15-10-4-5-14-12(13)16-10/h2-6,17H,1H3,(H,14,15,16,18). The van der Waals surface area contributed by atoms with Gasteiger partial charge in [0, 0.05) is 11.8 Å². The number of benzene rings is 1. The maximum absolute atomic E-state index is 11.9. The van der Waals surface area contributed by atoms with Crippen LogP contribution in [0.25, 0.3) is 0 Å². The van der Waals surface area contributed by atoms with E-state index in [9.17, 15) is 9.90 Å². The number of nitrogens with zero attached hydrogens (tertiary/aromatic N) is 2. The number of aromatic hydroxyl groups is 1. The van der Waals surface area contributed by atoms with Crippen LogP contribution in [0.2, 0.25) is 5.28 Å². The number of ether oxygens (including phenoxy) is 1. The Bertz CT molecular complexity index is 619. The molecule has 98 valence electrons. The van der Waals surface area contributed by atoms with E-state index in [0.717, 1.165) is 0 Å². The number of phenolic OH excluding ortho intramolecular Hbond substituents is 1. The number of rotatable bonds is 3. The number of nitrogens with one attached hydrogen (secondary N) is 1. The summed E-state index contributed by atoms with van der Waals surface area (Å²) in [6, 6.07) is 5.83. The number of carbonyl (C=O) groups is 1. The largest absolute Gasteiger partial charge is 0.504 e. The van der Waals surface area contributed by atoms with Crippen LogP contribution in [0, 0.1) is 0 Å². The van der Waals surface area contributed by atoms with Crippen LogP contribution in [0.1, 0.15) is 10.4 Å². The van der Waals surface area contributed by atoms with Crippen molar-refractivity contribution in [2.45, 2.75) is 0 Å². The van der Waals surface area contributed by atoms with Gasteiger partial charge in [0.2, 0.25) is 5.28 Å². The van der Waals surface area contributed by atoms with Crippen LogP contribution >= 0.6 is 11.6 Å². The maximum Gasteiger partial charge on any atom is 0.256 e. The summed E-state index contributed by atoms with van der Waals surface area (Å²) in [6.07, 6.45) is 1.43. The number of halogens is 1. The second-order valence-electron chi connectivity index (χ2n) is 3.55. The van der Waals surface area contributed by atoms with Crippen molar-refractivity contribution < 1.29 is 14.6 Å². The number of hydrogen-bond donors (Lipinski definition) is 2. The van der Waals surface area contributed by atoms with Gasteiger partial charge in [0.1, 0.15) is 5.82 Å². The number of aromatic nitrogens is 2. The molecular weight excluding hydrogens is 270 g/mol. The molecule has 0 bridgehead atoms. The molecule has 0 saturated heterocycles. The molecule has 0 unspecified atom stereocenters. The summed E-state index contributed by atoms with van der Waals surface area (Å²) >= 11 is 5.61. The summed E-state index contributed by atoms with van der Waals surface area (Å²) in [5.74, 6) is 0.0329. The number of hydrogen-bond acceptors (Lipinski definition) is 5. The lowest BCUT2D eigenvalue weighted by molar-refractivity contribution is 0.102. The van der Waals surface area contributed by atoms with E-state index in [4.69, 9.17) is 16.3 Å². The summed E-state index contributed by atoms with van der Waals surface area (Å²) in [7, 11) is 1.43. The molecule has 0 atom stereocenters. The lowest BCUT2D eigenvalue weighted by atomic mass is 10.2. The average molecular weight is 280 g/mol. The quantitative estimate of drug-likeness (QED) is 0.841. The second kappa shape index (κ2) is 5.53. The topological polar surface area (TPSA) is 84.3 Å². The monoisotopic (exact) mass is 279 g/mol. The summed E-state index contributed by atoms with van der Waals surface area (Å²) in [4.78, 5) is 19.4. The van der Waals surface area contributed by atoms with Gasteiger partial charge in [0.05, 0.1) is 7.11 Å². The van der Waals surface area contributed by atoms with Crippen molar-refractivity contribution in [1.82, 2.24) is 9.97 Å². The minimum Gasteiger partial charge on any atom is -0.504 e. The number of methoxy groups -OCH3 is 1. The van der Waals surface area contributed by atoms with E-state index in [0.29, 0.717) is 5.75 Å². The average Bonchev–Trinajstić information content (AvgIpc) is 2.38. The van der Waals surface area contributed by atoms with Crippen molar-refractivity contribution in [2.75, 3.05) is 12.4 Å². The molecule has 7 heteroatoms. The highest BCUT2D eigenvalue weighted by molar-refractivity contribution is 6.28. The Morgan fingerprint density at radius 1 is 1.42 bits per heavy atom. The first kappa shape index (κ1) is 13.1. The molecule has 2 N–H and O–H groups in total. The lowest BCUT2D eigenvalue weighted by Crippen LogP contribution is -2.13. The van der Waals surface area contributed by atoms with E-state index in [1.807, 2.05) is 0 Å². The Labute approximate surface area is 114 Å². The van der Waals surface area contributed by atoms with Gasteiger partial charge in [-0.15, -0.1) is 0 Å². The normalized spacial score (nSPS) is 10.0. The van der Waals surface area contributed by atoms with Gasteiger partial charge in [0.15, 0.2) is 11.5 Å². The van der Waals surface area contributed by atoms with E-state index < -0.39 is 5.91 Å².